The third kappa shape index (κ3) is 4.93. The van der Waals surface area contributed by atoms with Gasteiger partial charge in [0.2, 0.25) is 5.82 Å². The van der Waals surface area contributed by atoms with Gasteiger partial charge in [-0.15, -0.1) is 0 Å². The molecule has 1 atom stereocenters. The van der Waals surface area contributed by atoms with Crippen molar-refractivity contribution in [3.05, 3.63) is 54.4 Å². The average molecular weight is 448 g/mol. The maximum absolute atomic E-state index is 12.6. The molecule has 0 saturated carbocycles. The summed E-state index contributed by atoms with van der Waals surface area (Å²) in [6, 6.07) is 13.1. The Morgan fingerprint density at radius 1 is 1.12 bits per heavy atom. The van der Waals surface area contributed by atoms with Gasteiger partial charge < -0.3 is 24.2 Å². The highest BCUT2D eigenvalue weighted by atomic mass is 19.4. The smallest absolute Gasteiger partial charge is 0.471 e. The van der Waals surface area contributed by atoms with Gasteiger partial charge in [0.15, 0.2) is 0 Å². The van der Waals surface area contributed by atoms with Crippen molar-refractivity contribution in [2.24, 2.45) is 0 Å². The Morgan fingerprint density at radius 2 is 1.81 bits per heavy atom. The van der Waals surface area contributed by atoms with E-state index in [-0.39, 0.29) is 18.0 Å². The molecule has 4 rings (SSSR count). The molecule has 2 aromatic carbocycles. The molecule has 1 aromatic heterocycles. The number of carbonyl (C=O) groups is 1. The Morgan fingerprint density at radius 3 is 2.44 bits per heavy atom. The molecule has 8 nitrogen and oxygen atoms in total. The molecule has 1 saturated heterocycles. The Balaban J connectivity index is 1.31. The van der Waals surface area contributed by atoms with Crippen LogP contribution in [-0.4, -0.2) is 47.4 Å². The Hall–Kier alpha value is -3.76. The third-order valence-corrected chi connectivity index (χ3v) is 4.86. The number of hydrogen-bond donors (Lipinski definition) is 1. The highest BCUT2D eigenvalue weighted by Crippen LogP contribution is 2.30. The van der Waals surface area contributed by atoms with Gasteiger partial charge in [0.25, 0.3) is 0 Å². The number of nitrogens with one attached hydrogen (secondary N) is 1. The number of nitrogens with zero attached hydrogens (tertiary/aromatic N) is 3. The molecule has 1 aliphatic rings. The second kappa shape index (κ2) is 8.77. The monoisotopic (exact) mass is 448 g/mol. The number of halogens is 3. The lowest BCUT2D eigenvalue weighted by atomic mass is 10.2. The molecule has 2 heterocycles. The molecule has 1 aliphatic heterocycles. The molecule has 0 bridgehead atoms. The van der Waals surface area contributed by atoms with Gasteiger partial charge in [0.05, 0.1) is 13.7 Å². The van der Waals surface area contributed by atoms with Crippen LogP contribution in [0.2, 0.25) is 0 Å². The van der Waals surface area contributed by atoms with Crippen LogP contribution in [0.25, 0.3) is 11.4 Å². The average Bonchev–Trinajstić information content (AvgIpc) is 3.45. The molecule has 3 aromatic rings. The molecule has 168 valence electrons. The first-order chi connectivity index (χ1) is 15.3. The van der Waals surface area contributed by atoms with E-state index in [0.29, 0.717) is 42.3 Å². The fourth-order valence-electron chi connectivity index (χ4n) is 3.22. The van der Waals surface area contributed by atoms with Crippen molar-refractivity contribution in [1.82, 2.24) is 15.0 Å². The summed E-state index contributed by atoms with van der Waals surface area (Å²) in [7, 11) is 1.57. The molecule has 0 radical (unpaired) electrons. The molecule has 0 aliphatic carbocycles. The lowest BCUT2D eigenvalue weighted by molar-refractivity contribution is -0.159. The number of hydrogen-bond acceptors (Lipinski definition) is 6. The van der Waals surface area contributed by atoms with Crippen molar-refractivity contribution in [3.8, 4) is 22.9 Å². The molecule has 32 heavy (non-hydrogen) atoms. The fraction of sp³-hybridized carbons (Fsp3) is 0.286. The van der Waals surface area contributed by atoms with E-state index < -0.39 is 12.1 Å². The molecule has 2 amide bonds. The van der Waals surface area contributed by atoms with Crippen LogP contribution in [-0.2, 0) is 6.18 Å². The number of alkyl halides is 3. The minimum atomic E-state index is -4.69. The summed E-state index contributed by atoms with van der Waals surface area (Å²) in [5, 5.41) is 6.18. The summed E-state index contributed by atoms with van der Waals surface area (Å²) in [5.74, 6) is -0.336. The summed E-state index contributed by atoms with van der Waals surface area (Å²) in [5.41, 5.74) is 1.02. The highest BCUT2D eigenvalue weighted by molar-refractivity contribution is 5.89. The highest BCUT2D eigenvalue weighted by Gasteiger charge is 2.38. The van der Waals surface area contributed by atoms with Crippen molar-refractivity contribution < 1.29 is 32.0 Å². The summed E-state index contributed by atoms with van der Waals surface area (Å²) in [6.45, 7) is 0.942. The van der Waals surface area contributed by atoms with E-state index in [1.807, 2.05) is 0 Å². The SMILES string of the molecule is COc1ccc(NC(=O)N2CC[C@@H](Oc3ccc(-c4noc(C(F)(F)F)n4)cc3)C2)cc1. The summed E-state index contributed by atoms with van der Waals surface area (Å²) in [4.78, 5) is 17.5. The van der Waals surface area contributed by atoms with Gasteiger partial charge in [-0.1, -0.05) is 5.16 Å². The van der Waals surface area contributed by atoms with Crippen LogP contribution in [0.1, 0.15) is 12.3 Å². The summed E-state index contributed by atoms with van der Waals surface area (Å²) in [6.07, 6.45) is -4.25. The molecule has 0 unspecified atom stereocenters. The van der Waals surface area contributed by atoms with Gasteiger partial charge in [-0.05, 0) is 48.5 Å². The van der Waals surface area contributed by atoms with Crippen LogP contribution in [0.3, 0.4) is 0 Å². The predicted molar refractivity (Wildman–Crippen MR) is 107 cm³/mol. The van der Waals surface area contributed by atoms with Crippen LogP contribution >= 0.6 is 0 Å². The number of benzene rings is 2. The van der Waals surface area contributed by atoms with Gasteiger partial charge in [0, 0.05) is 24.2 Å². The van der Waals surface area contributed by atoms with Gasteiger partial charge in [0.1, 0.15) is 17.6 Å². The minimum Gasteiger partial charge on any atom is -0.497 e. The molecule has 1 N–H and O–H groups in total. The number of methoxy groups -OCH3 is 1. The Bertz CT molecular complexity index is 1070. The molecular formula is C21H19F3N4O4. The van der Waals surface area contributed by atoms with E-state index in [1.54, 1.807) is 60.5 Å². The fourth-order valence-corrected chi connectivity index (χ4v) is 3.22. The standard InChI is InChI=1S/C21H19F3N4O4/c1-30-15-8-4-14(5-9-15)25-20(29)28-11-10-17(12-28)31-16-6-2-13(3-7-16)18-26-19(32-27-18)21(22,23)24/h2-9,17H,10-12H2,1H3,(H,25,29)/t17-/m1/s1. The lowest BCUT2D eigenvalue weighted by Gasteiger charge is -2.18. The topological polar surface area (TPSA) is 89.7 Å². The van der Waals surface area contributed by atoms with Crippen molar-refractivity contribution in [3.63, 3.8) is 0 Å². The van der Waals surface area contributed by atoms with Crippen LogP contribution in [0.5, 0.6) is 11.5 Å². The molecule has 0 spiro atoms. The Labute approximate surface area is 180 Å². The number of amides is 2. The molecule has 11 heteroatoms. The van der Waals surface area contributed by atoms with E-state index in [0.717, 1.165) is 0 Å². The number of ether oxygens (including phenoxy) is 2. The lowest BCUT2D eigenvalue weighted by Crippen LogP contribution is -2.34. The first-order valence-corrected chi connectivity index (χ1v) is 9.70. The maximum atomic E-state index is 12.6. The van der Waals surface area contributed by atoms with Crippen molar-refractivity contribution >= 4 is 11.7 Å². The zero-order valence-electron chi connectivity index (χ0n) is 16.9. The normalized spacial score (nSPS) is 16.1. The third-order valence-electron chi connectivity index (χ3n) is 4.86. The van der Waals surface area contributed by atoms with E-state index in [9.17, 15) is 18.0 Å². The second-order valence-corrected chi connectivity index (χ2v) is 7.08. The first-order valence-electron chi connectivity index (χ1n) is 9.70. The van der Waals surface area contributed by atoms with Crippen LogP contribution in [0, 0.1) is 0 Å². The van der Waals surface area contributed by atoms with Crippen LogP contribution < -0.4 is 14.8 Å². The molecular weight excluding hydrogens is 429 g/mol. The second-order valence-electron chi connectivity index (χ2n) is 7.08. The Kier molecular flexibility index (Phi) is 5.89. The number of anilines is 1. The van der Waals surface area contributed by atoms with Gasteiger partial charge >= 0.3 is 18.1 Å². The zero-order chi connectivity index (χ0) is 22.7. The largest absolute Gasteiger partial charge is 0.497 e. The van der Waals surface area contributed by atoms with Crippen molar-refractivity contribution in [1.29, 1.82) is 0 Å². The maximum Gasteiger partial charge on any atom is 0.471 e. The summed E-state index contributed by atoms with van der Waals surface area (Å²) < 4.78 is 53.0. The number of aromatic nitrogens is 2. The van der Waals surface area contributed by atoms with E-state index in [4.69, 9.17) is 9.47 Å². The van der Waals surface area contributed by atoms with Gasteiger partial charge in [-0.2, -0.15) is 18.2 Å². The zero-order valence-corrected chi connectivity index (χ0v) is 16.9. The van der Waals surface area contributed by atoms with E-state index in [1.165, 1.54) is 0 Å². The number of likely N-dealkylation sites (tertiary alicyclic amines) is 1. The van der Waals surface area contributed by atoms with E-state index >= 15 is 0 Å². The number of carbonyl (C=O) groups excluding carboxylic acids is 1. The number of urea groups is 1. The van der Waals surface area contributed by atoms with Crippen LogP contribution in [0.15, 0.2) is 53.1 Å². The first kappa shape index (κ1) is 21.5. The van der Waals surface area contributed by atoms with E-state index in [2.05, 4.69) is 20.0 Å². The van der Waals surface area contributed by atoms with Crippen LogP contribution in [0.4, 0.5) is 23.7 Å². The van der Waals surface area contributed by atoms with Gasteiger partial charge in [-0.3, -0.25) is 0 Å². The number of rotatable bonds is 5. The quantitative estimate of drug-likeness (QED) is 0.620. The predicted octanol–water partition coefficient (Wildman–Crippen LogP) is 4.45. The van der Waals surface area contributed by atoms with Crippen molar-refractivity contribution in [2.75, 3.05) is 25.5 Å². The molecule has 1 fully saturated rings. The summed E-state index contributed by atoms with van der Waals surface area (Å²) >= 11 is 0. The van der Waals surface area contributed by atoms with Gasteiger partial charge in [-0.25, -0.2) is 4.79 Å². The van der Waals surface area contributed by atoms with Crippen molar-refractivity contribution in [2.45, 2.75) is 18.7 Å². The minimum absolute atomic E-state index is 0.161.